The molecule has 0 spiro atoms. The zero-order chi connectivity index (χ0) is 26.2. The van der Waals surface area contributed by atoms with E-state index in [4.69, 9.17) is 0 Å². The van der Waals surface area contributed by atoms with Crippen LogP contribution in [0.5, 0.6) is 0 Å². The van der Waals surface area contributed by atoms with E-state index in [2.05, 4.69) is 21.3 Å². The van der Waals surface area contributed by atoms with E-state index in [0.717, 1.165) is 80.3 Å². The molecule has 2 aromatic carbocycles. The number of carbonyl (C=O) groups is 1. The summed E-state index contributed by atoms with van der Waals surface area (Å²) in [4.78, 5) is 30.4. The average Bonchev–Trinajstić information content (AvgIpc) is 3.66. The van der Waals surface area contributed by atoms with Crippen LogP contribution in [0.2, 0.25) is 0 Å². The number of H-pyrrole nitrogens is 1. The third-order valence-corrected chi connectivity index (χ3v) is 7.78. The second kappa shape index (κ2) is 9.97. The number of rotatable bonds is 7. The van der Waals surface area contributed by atoms with E-state index in [1.165, 1.54) is 6.07 Å². The molecular formula is C29H32F3N3O2. The minimum Gasteiger partial charge on any atom is -0.352 e. The largest absolute Gasteiger partial charge is 0.416 e. The van der Waals surface area contributed by atoms with Crippen LogP contribution in [0.15, 0.2) is 53.3 Å². The second-order valence-electron chi connectivity index (χ2n) is 10.8. The predicted octanol–water partition coefficient (Wildman–Crippen LogP) is 5.55. The van der Waals surface area contributed by atoms with Crippen molar-refractivity contribution in [2.75, 3.05) is 13.1 Å². The molecule has 1 aliphatic heterocycles. The normalized spacial score (nSPS) is 18.2. The Bertz CT molecular complexity index is 1350. The summed E-state index contributed by atoms with van der Waals surface area (Å²) in [5.41, 5.74) is 1.62. The van der Waals surface area contributed by atoms with Gasteiger partial charge in [0.1, 0.15) is 0 Å². The second-order valence-corrected chi connectivity index (χ2v) is 10.8. The number of pyridine rings is 1. The molecule has 2 aliphatic rings. The van der Waals surface area contributed by atoms with Gasteiger partial charge in [0.25, 0.3) is 0 Å². The fourth-order valence-electron chi connectivity index (χ4n) is 5.59. The maximum absolute atomic E-state index is 13.5. The molecule has 5 nitrogen and oxygen atoms in total. The minimum absolute atomic E-state index is 0.0441. The van der Waals surface area contributed by atoms with E-state index in [1.54, 1.807) is 13.0 Å². The molecule has 1 aromatic heterocycles. The first-order valence-electron chi connectivity index (χ1n) is 12.9. The lowest BCUT2D eigenvalue weighted by molar-refractivity contribution is -0.137. The Hall–Kier alpha value is -3.13. The molecule has 196 valence electrons. The molecule has 0 radical (unpaired) electrons. The quantitative estimate of drug-likeness (QED) is 0.437. The molecule has 5 rings (SSSR count). The number of benzene rings is 2. The summed E-state index contributed by atoms with van der Waals surface area (Å²) in [6.45, 7) is 4.00. The molecule has 0 bridgehead atoms. The standard InChI is InChI=1S/C29H32F3N3O2/c1-19-12-22(14-24(13-19)29(30,31)32)17-33-27(37)28(16-20-2-3-20)8-10-35(11-9-28)18-21-4-5-23-6-7-26(36)34-25(23)15-21/h4-7,12-15,20H,2-3,8-11,16-18H2,1H3,(H,33,37)(H,34,36). The highest BCUT2D eigenvalue weighted by atomic mass is 19.4. The van der Waals surface area contributed by atoms with Crippen LogP contribution in [0.4, 0.5) is 13.2 Å². The van der Waals surface area contributed by atoms with Gasteiger partial charge in [0.05, 0.1) is 11.0 Å². The Morgan fingerprint density at radius 3 is 2.49 bits per heavy atom. The van der Waals surface area contributed by atoms with Crippen LogP contribution in [-0.2, 0) is 24.1 Å². The number of carbonyl (C=O) groups excluding carboxylic acids is 1. The van der Waals surface area contributed by atoms with E-state index in [9.17, 15) is 22.8 Å². The molecule has 1 aliphatic carbocycles. The summed E-state index contributed by atoms with van der Waals surface area (Å²) >= 11 is 0. The molecule has 8 heteroatoms. The number of nitrogens with zero attached hydrogens (tertiary/aromatic N) is 1. The van der Waals surface area contributed by atoms with Crippen molar-refractivity contribution in [3.63, 3.8) is 0 Å². The fraction of sp³-hybridized carbons (Fsp3) is 0.448. The van der Waals surface area contributed by atoms with Crippen molar-refractivity contribution in [1.82, 2.24) is 15.2 Å². The smallest absolute Gasteiger partial charge is 0.352 e. The lowest BCUT2D eigenvalue weighted by Crippen LogP contribution is -2.48. The molecule has 1 saturated heterocycles. The van der Waals surface area contributed by atoms with Crippen molar-refractivity contribution in [3.8, 4) is 0 Å². The summed E-state index contributed by atoms with van der Waals surface area (Å²) in [5, 5.41) is 3.96. The van der Waals surface area contributed by atoms with Crippen molar-refractivity contribution < 1.29 is 18.0 Å². The zero-order valence-electron chi connectivity index (χ0n) is 21.0. The summed E-state index contributed by atoms with van der Waals surface area (Å²) in [6.07, 6.45) is 0.154. The highest BCUT2D eigenvalue weighted by Gasteiger charge is 2.44. The SMILES string of the molecule is Cc1cc(CNC(=O)C2(CC3CC3)CCN(Cc3ccc4ccc(=O)[nH]c4c3)CC2)cc(C(F)(F)F)c1. The van der Waals surface area contributed by atoms with Crippen LogP contribution >= 0.6 is 0 Å². The number of piperidine rings is 1. The maximum atomic E-state index is 13.5. The zero-order valence-corrected chi connectivity index (χ0v) is 21.0. The lowest BCUT2D eigenvalue weighted by Gasteiger charge is -2.41. The monoisotopic (exact) mass is 511 g/mol. The van der Waals surface area contributed by atoms with Crippen molar-refractivity contribution in [3.05, 3.63) is 81.1 Å². The van der Waals surface area contributed by atoms with Crippen molar-refractivity contribution in [1.29, 1.82) is 0 Å². The summed E-state index contributed by atoms with van der Waals surface area (Å²) < 4.78 is 39.7. The summed E-state index contributed by atoms with van der Waals surface area (Å²) in [7, 11) is 0. The first kappa shape index (κ1) is 25.5. The van der Waals surface area contributed by atoms with Crippen molar-refractivity contribution in [2.45, 2.75) is 58.3 Å². The van der Waals surface area contributed by atoms with Gasteiger partial charge in [-0.2, -0.15) is 13.2 Å². The average molecular weight is 512 g/mol. The third kappa shape index (κ3) is 6.06. The van der Waals surface area contributed by atoms with Gasteiger partial charge < -0.3 is 10.3 Å². The van der Waals surface area contributed by atoms with Gasteiger partial charge in [0, 0.05) is 24.7 Å². The number of hydrogen-bond donors (Lipinski definition) is 2. The van der Waals surface area contributed by atoms with Gasteiger partial charge in [-0.1, -0.05) is 36.6 Å². The van der Waals surface area contributed by atoms with Gasteiger partial charge in [-0.05, 0) is 86.0 Å². The van der Waals surface area contributed by atoms with E-state index in [1.807, 2.05) is 18.2 Å². The Morgan fingerprint density at radius 1 is 1.05 bits per heavy atom. The lowest BCUT2D eigenvalue weighted by atomic mass is 9.73. The van der Waals surface area contributed by atoms with E-state index < -0.39 is 17.2 Å². The number of hydrogen-bond acceptors (Lipinski definition) is 3. The number of likely N-dealkylation sites (tertiary alicyclic amines) is 1. The van der Waals surface area contributed by atoms with Gasteiger partial charge in [-0.3, -0.25) is 14.5 Å². The first-order valence-corrected chi connectivity index (χ1v) is 12.9. The van der Waals surface area contributed by atoms with Gasteiger partial charge in [-0.25, -0.2) is 0 Å². The number of aryl methyl sites for hydroxylation is 1. The number of fused-ring (bicyclic) bond motifs is 1. The summed E-state index contributed by atoms with van der Waals surface area (Å²) in [6, 6.07) is 13.4. The molecule has 2 N–H and O–H groups in total. The molecule has 0 atom stereocenters. The number of aromatic nitrogens is 1. The Labute approximate surface area is 214 Å². The van der Waals surface area contributed by atoms with Crippen LogP contribution < -0.4 is 10.9 Å². The van der Waals surface area contributed by atoms with E-state index >= 15 is 0 Å². The highest BCUT2D eigenvalue weighted by molar-refractivity contribution is 5.83. The Kier molecular flexibility index (Phi) is 6.88. The predicted molar refractivity (Wildman–Crippen MR) is 137 cm³/mol. The van der Waals surface area contributed by atoms with E-state index in [0.29, 0.717) is 17.0 Å². The molecule has 2 fully saturated rings. The molecule has 37 heavy (non-hydrogen) atoms. The third-order valence-electron chi connectivity index (χ3n) is 7.78. The fourth-order valence-corrected chi connectivity index (χ4v) is 5.59. The van der Waals surface area contributed by atoms with E-state index in [-0.39, 0.29) is 18.0 Å². The molecular weight excluding hydrogens is 479 g/mol. The molecule has 3 aromatic rings. The molecule has 2 heterocycles. The van der Waals surface area contributed by atoms with Crippen LogP contribution in [0, 0.1) is 18.3 Å². The number of amides is 1. The van der Waals surface area contributed by atoms with Gasteiger partial charge in [0.2, 0.25) is 11.5 Å². The molecule has 0 unspecified atom stereocenters. The van der Waals surface area contributed by atoms with Crippen LogP contribution in [-0.4, -0.2) is 28.9 Å². The van der Waals surface area contributed by atoms with Gasteiger partial charge in [-0.15, -0.1) is 0 Å². The Balaban J connectivity index is 1.24. The van der Waals surface area contributed by atoms with Crippen molar-refractivity contribution in [2.24, 2.45) is 11.3 Å². The van der Waals surface area contributed by atoms with Crippen LogP contribution in [0.25, 0.3) is 10.9 Å². The van der Waals surface area contributed by atoms with Gasteiger partial charge in [0.15, 0.2) is 0 Å². The molecule has 1 saturated carbocycles. The Morgan fingerprint density at radius 2 is 1.78 bits per heavy atom. The highest BCUT2D eigenvalue weighted by Crippen LogP contribution is 2.46. The minimum atomic E-state index is -4.41. The van der Waals surface area contributed by atoms with Crippen LogP contribution in [0.1, 0.15) is 54.4 Å². The van der Waals surface area contributed by atoms with Gasteiger partial charge >= 0.3 is 6.18 Å². The maximum Gasteiger partial charge on any atom is 0.416 e. The summed E-state index contributed by atoms with van der Waals surface area (Å²) in [5.74, 6) is 0.516. The number of aromatic amines is 1. The number of halogens is 3. The van der Waals surface area contributed by atoms with Crippen molar-refractivity contribution >= 4 is 16.8 Å². The first-order chi connectivity index (χ1) is 17.6. The van der Waals surface area contributed by atoms with Crippen LogP contribution in [0.3, 0.4) is 0 Å². The topological polar surface area (TPSA) is 65.2 Å². The number of alkyl halides is 3. The number of nitrogens with one attached hydrogen (secondary N) is 2. The molecule has 1 amide bonds.